The maximum atomic E-state index is 13.0. The van der Waals surface area contributed by atoms with Gasteiger partial charge in [-0.3, -0.25) is 4.79 Å². The highest BCUT2D eigenvalue weighted by Crippen LogP contribution is 2.39. The molecule has 1 fully saturated rings. The molecule has 1 aliphatic heterocycles. The number of anilines is 1. The Kier molecular flexibility index (Phi) is 4.56. The zero-order valence-electron chi connectivity index (χ0n) is 13.2. The summed E-state index contributed by atoms with van der Waals surface area (Å²) in [4.78, 5) is 25.8. The Hall–Kier alpha value is -1.99. The van der Waals surface area contributed by atoms with Crippen molar-refractivity contribution in [1.82, 2.24) is 4.90 Å². The van der Waals surface area contributed by atoms with Crippen LogP contribution in [0.1, 0.15) is 30.1 Å². The van der Waals surface area contributed by atoms with E-state index in [4.69, 9.17) is 22.1 Å². The number of rotatable bonds is 4. The molecule has 1 aromatic rings. The van der Waals surface area contributed by atoms with Crippen LogP contribution < -0.4 is 11.1 Å². The number of hydrogen-bond donors (Lipinski definition) is 3. The first kappa shape index (κ1) is 16.9. The number of halogens is 1. The van der Waals surface area contributed by atoms with Gasteiger partial charge in [-0.1, -0.05) is 17.7 Å². The molecule has 4 N–H and O–H groups in total. The van der Waals surface area contributed by atoms with Crippen molar-refractivity contribution < 1.29 is 19.4 Å². The van der Waals surface area contributed by atoms with E-state index in [2.05, 4.69) is 5.32 Å². The van der Waals surface area contributed by atoms with Crippen LogP contribution in [0.15, 0.2) is 18.2 Å². The van der Waals surface area contributed by atoms with Gasteiger partial charge in [0.1, 0.15) is 12.3 Å². The highest BCUT2D eigenvalue weighted by molar-refractivity contribution is 6.34. The lowest BCUT2D eigenvalue weighted by Crippen LogP contribution is -2.61. The summed E-state index contributed by atoms with van der Waals surface area (Å²) in [6.45, 7) is 1.78. The van der Waals surface area contributed by atoms with Gasteiger partial charge in [0.05, 0.1) is 16.3 Å². The van der Waals surface area contributed by atoms with Crippen molar-refractivity contribution in [3.05, 3.63) is 28.8 Å². The minimum atomic E-state index is -0.893. The Morgan fingerprint density at radius 2 is 2.25 bits per heavy atom. The number of fused-ring (bicyclic) bond motifs is 1. The van der Waals surface area contributed by atoms with Gasteiger partial charge in [0.15, 0.2) is 0 Å². The zero-order chi connectivity index (χ0) is 17.4. The average molecular weight is 354 g/mol. The van der Waals surface area contributed by atoms with Gasteiger partial charge in [0.25, 0.3) is 5.91 Å². The number of benzene rings is 1. The molecule has 0 bridgehead atoms. The van der Waals surface area contributed by atoms with E-state index in [1.807, 2.05) is 0 Å². The Labute approximate surface area is 144 Å². The Morgan fingerprint density at radius 1 is 1.54 bits per heavy atom. The number of amides is 2. The summed E-state index contributed by atoms with van der Waals surface area (Å²) in [6, 6.07) is 5.13. The second-order valence-electron chi connectivity index (χ2n) is 6.28. The van der Waals surface area contributed by atoms with Gasteiger partial charge in [0.2, 0.25) is 0 Å². The number of primary amides is 1. The van der Waals surface area contributed by atoms with Crippen molar-refractivity contribution in [3.63, 3.8) is 0 Å². The third-order valence-electron chi connectivity index (χ3n) is 4.67. The molecule has 0 spiro atoms. The molecule has 2 atom stereocenters. The first-order chi connectivity index (χ1) is 11.4. The summed E-state index contributed by atoms with van der Waals surface area (Å²) >= 11 is 6.20. The van der Waals surface area contributed by atoms with Crippen LogP contribution in [0.4, 0.5) is 10.5 Å². The third kappa shape index (κ3) is 2.89. The van der Waals surface area contributed by atoms with Gasteiger partial charge < -0.3 is 25.8 Å². The molecule has 0 radical (unpaired) electrons. The van der Waals surface area contributed by atoms with Gasteiger partial charge in [-0.15, -0.1) is 0 Å². The van der Waals surface area contributed by atoms with E-state index in [1.165, 1.54) is 0 Å². The minimum absolute atomic E-state index is 0.0458. The topological polar surface area (TPSA) is 105 Å². The van der Waals surface area contributed by atoms with E-state index >= 15 is 0 Å². The smallest absolute Gasteiger partial charge is 0.404 e. The standard InChI is InChI=1S/C16H20ClN3O4/c1-8(24-16(18)23)14-19-12-4-2-3-11(17)13(12)15(22)20(14)10-5-9(6-10)7-21/h2-4,8-10,14,19,21H,5-7H2,1H3,(H2,18,23)/t8-,9?,10?,14?/m0/s1. The maximum absolute atomic E-state index is 13.0. The summed E-state index contributed by atoms with van der Waals surface area (Å²) in [5.41, 5.74) is 6.13. The highest BCUT2D eigenvalue weighted by atomic mass is 35.5. The molecule has 2 aliphatic rings. The summed E-state index contributed by atoms with van der Waals surface area (Å²) < 4.78 is 5.09. The molecular formula is C16H20ClN3O4. The molecule has 1 heterocycles. The summed E-state index contributed by atoms with van der Waals surface area (Å²) in [5, 5.41) is 12.8. The number of ether oxygens (including phenoxy) is 1. The highest BCUT2D eigenvalue weighted by Gasteiger charge is 2.45. The molecule has 24 heavy (non-hydrogen) atoms. The number of nitrogens with zero attached hydrogens (tertiary/aromatic N) is 1. The Morgan fingerprint density at radius 3 is 2.88 bits per heavy atom. The number of aliphatic hydroxyl groups is 1. The monoisotopic (exact) mass is 353 g/mol. The fraction of sp³-hybridized carbons (Fsp3) is 0.500. The second kappa shape index (κ2) is 6.49. The van der Waals surface area contributed by atoms with Crippen LogP contribution in [-0.4, -0.2) is 46.9 Å². The first-order valence-electron chi connectivity index (χ1n) is 7.87. The number of hydrogen-bond acceptors (Lipinski definition) is 5. The van der Waals surface area contributed by atoms with Crippen LogP contribution in [-0.2, 0) is 4.74 Å². The van der Waals surface area contributed by atoms with Crippen LogP contribution in [0.2, 0.25) is 5.02 Å². The number of carbonyl (C=O) groups is 2. The normalized spacial score (nSPS) is 26.9. The van der Waals surface area contributed by atoms with Crippen molar-refractivity contribution in [2.45, 2.75) is 38.1 Å². The second-order valence-corrected chi connectivity index (χ2v) is 6.69. The Bertz CT molecular complexity index is 663. The number of nitrogens with one attached hydrogen (secondary N) is 1. The largest absolute Gasteiger partial charge is 0.442 e. The van der Waals surface area contributed by atoms with Crippen molar-refractivity contribution in [2.75, 3.05) is 11.9 Å². The molecule has 3 rings (SSSR count). The van der Waals surface area contributed by atoms with Gasteiger partial charge >= 0.3 is 6.09 Å². The SMILES string of the molecule is C[C@H](OC(N)=O)C1Nc2cccc(Cl)c2C(=O)N1C1CC(CO)C1. The molecule has 2 amide bonds. The Balaban J connectivity index is 1.93. The van der Waals surface area contributed by atoms with E-state index in [0.29, 0.717) is 29.1 Å². The van der Waals surface area contributed by atoms with Crippen molar-refractivity contribution >= 4 is 29.3 Å². The number of carbonyl (C=O) groups excluding carboxylic acids is 2. The lowest BCUT2D eigenvalue weighted by molar-refractivity contribution is -0.0102. The molecule has 1 saturated carbocycles. The van der Waals surface area contributed by atoms with Crippen molar-refractivity contribution in [2.24, 2.45) is 11.7 Å². The quantitative estimate of drug-likeness (QED) is 0.765. The van der Waals surface area contributed by atoms with Gasteiger partial charge in [-0.2, -0.15) is 0 Å². The number of nitrogens with two attached hydrogens (primary N) is 1. The number of aliphatic hydroxyl groups excluding tert-OH is 1. The minimum Gasteiger partial charge on any atom is -0.442 e. The molecule has 1 aromatic carbocycles. The van der Waals surface area contributed by atoms with E-state index < -0.39 is 18.4 Å². The third-order valence-corrected chi connectivity index (χ3v) is 4.99. The van der Waals surface area contributed by atoms with Gasteiger partial charge in [0, 0.05) is 12.6 Å². The fourth-order valence-corrected chi connectivity index (χ4v) is 3.66. The molecule has 0 saturated heterocycles. The lowest BCUT2D eigenvalue weighted by Gasteiger charge is -2.49. The predicted molar refractivity (Wildman–Crippen MR) is 88.8 cm³/mol. The molecule has 0 aromatic heterocycles. The van der Waals surface area contributed by atoms with Gasteiger partial charge in [-0.25, -0.2) is 4.79 Å². The first-order valence-corrected chi connectivity index (χ1v) is 8.24. The molecule has 7 nitrogen and oxygen atoms in total. The zero-order valence-corrected chi connectivity index (χ0v) is 14.0. The van der Waals surface area contributed by atoms with Crippen molar-refractivity contribution in [3.8, 4) is 0 Å². The summed E-state index contributed by atoms with van der Waals surface area (Å²) in [6.07, 6.45) is -0.671. The average Bonchev–Trinajstić information content (AvgIpc) is 2.47. The summed E-state index contributed by atoms with van der Waals surface area (Å²) in [5.74, 6) is -0.0240. The van der Waals surface area contributed by atoms with Crippen molar-refractivity contribution in [1.29, 1.82) is 0 Å². The van der Waals surface area contributed by atoms with Crippen LogP contribution in [0.3, 0.4) is 0 Å². The van der Waals surface area contributed by atoms with E-state index in [-0.39, 0.29) is 24.5 Å². The summed E-state index contributed by atoms with van der Waals surface area (Å²) in [7, 11) is 0. The van der Waals surface area contributed by atoms with Crippen LogP contribution in [0.5, 0.6) is 0 Å². The van der Waals surface area contributed by atoms with Crippen LogP contribution in [0, 0.1) is 5.92 Å². The fourth-order valence-electron chi connectivity index (χ4n) is 3.41. The molecule has 1 aliphatic carbocycles. The van der Waals surface area contributed by atoms with Gasteiger partial charge in [-0.05, 0) is 37.8 Å². The molecule has 130 valence electrons. The molecular weight excluding hydrogens is 334 g/mol. The van der Waals surface area contributed by atoms with E-state index in [9.17, 15) is 14.7 Å². The van der Waals surface area contributed by atoms with Crippen LogP contribution >= 0.6 is 11.6 Å². The van der Waals surface area contributed by atoms with Crippen LogP contribution in [0.25, 0.3) is 0 Å². The van der Waals surface area contributed by atoms with E-state index in [0.717, 1.165) is 0 Å². The maximum Gasteiger partial charge on any atom is 0.404 e. The lowest BCUT2D eigenvalue weighted by atomic mass is 9.79. The predicted octanol–water partition coefficient (Wildman–Crippen LogP) is 1.79. The van der Waals surface area contributed by atoms with E-state index in [1.54, 1.807) is 30.0 Å². The molecule has 1 unspecified atom stereocenters. The molecule has 8 heteroatoms.